The van der Waals surface area contributed by atoms with Gasteiger partial charge in [0.25, 0.3) is 5.91 Å². The van der Waals surface area contributed by atoms with Crippen LogP contribution in [0.1, 0.15) is 116 Å². The highest BCUT2D eigenvalue weighted by Crippen LogP contribution is 2.56. The first-order chi connectivity index (χ1) is 32.1. The number of aromatic amines is 1. The van der Waals surface area contributed by atoms with Crippen LogP contribution in [0, 0.1) is 31.4 Å². The maximum Gasteiger partial charge on any atom is 0.438 e. The molecule has 1 N–H and O–H groups in total. The van der Waals surface area contributed by atoms with Gasteiger partial charge in [-0.1, -0.05) is 18.1 Å². The molecule has 5 aromatic heterocycles. The number of fused-ring (bicyclic) bond motifs is 6. The van der Waals surface area contributed by atoms with Gasteiger partial charge in [0, 0.05) is 48.6 Å². The number of nitrogens with zero attached hydrogens (tertiary/aromatic N) is 9. The minimum atomic E-state index is -0.851. The van der Waals surface area contributed by atoms with Crippen molar-refractivity contribution in [2.45, 2.75) is 109 Å². The molecule has 1 amide bonds. The predicted molar refractivity (Wildman–Crippen MR) is 244 cm³/mol. The third-order valence-corrected chi connectivity index (χ3v) is 15.3. The summed E-state index contributed by atoms with van der Waals surface area (Å²) in [4.78, 5) is 48.1. The summed E-state index contributed by atoms with van der Waals surface area (Å²) in [6.07, 6.45) is 9.36. The number of aryl methyl sites for hydroxylation is 4. The van der Waals surface area contributed by atoms with Crippen LogP contribution in [0.2, 0.25) is 0 Å². The molecule has 12 rings (SSSR count). The zero-order valence-corrected chi connectivity index (χ0v) is 38.1. The number of rotatable bonds is 7. The van der Waals surface area contributed by atoms with Crippen LogP contribution in [-0.2, 0) is 23.7 Å². The topological polar surface area (TPSA) is 156 Å². The lowest BCUT2D eigenvalue weighted by atomic mass is 9.83. The van der Waals surface area contributed by atoms with E-state index in [9.17, 15) is 9.59 Å². The van der Waals surface area contributed by atoms with E-state index in [0.717, 1.165) is 29.4 Å². The zero-order valence-electron chi connectivity index (χ0n) is 38.1. The van der Waals surface area contributed by atoms with Crippen molar-refractivity contribution in [2.24, 2.45) is 13.0 Å². The first kappa shape index (κ1) is 41.5. The van der Waals surface area contributed by atoms with Crippen LogP contribution in [0.15, 0.2) is 81.2 Å². The van der Waals surface area contributed by atoms with Crippen LogP contribution in [0.5, 0.6) is 0 Å². The average Bonchev–Trinajstić information content (AvgIpc) is 4.00. The van der Waals surface area contributed by atoms with E-state index >= 15 is 13.6 Å². The smallest absolute Gasteiger partial charge is 0.376 e. The van der Waals surface area contributed by atoms with Gasteiger partial charge in [-0.05, 0) is 144 Å². The molecule has 0 radical (unpaired) electrons. The maximum atomic E-state index is 16.2. The van der Waals surface area contributed by atoms with E-state index in [-0.39, 0.29) is 46.3 Å². The number of H-pyrrole nitrogens is 1. The Morgan fingerprint density at radius 3 is 2.40 bits per heavy atom. The quantitative estimate of drug-likeness (QED) is 0.169. The van der Waals surface area contributed by atoms with Gasteiger partial charge in [0.2, 0.25) is 0 Å². The van der Waals surface area contributed by atoms with E-state index in [4.69, 9.17) is 14.4 Å². The fourth-order valence-electron chi connectivity index (χ4n) is 11.9. The first-order valence-electron chi connectivity index (χ1n) is 23.1. The molecule has 0 spiro atoms. The van der Waals surface area contributed by atoms with Gasteiger partial charge in [-0.2, -0.15) is 10.2 Å². The van der Waals surface area contributed by atoms with Gasteiger partial charge in [-0.3, -0.25) is 28.1 Å². The number of carbonyl (C=O) groups is 1. The van der Waals surface area contributed by atoms with Crippen molar-refractivity contribution in [3.05, 3.63) is 139 Å². The number of hydrogen-bond acceptors (Lipinski definition) is 8. The summed E-state index contributed by atoms with van der Waals surface area (Å²) < 4.78 is 50.7. The van der Waals surface area contributed by atoms with E-state index in [2.05, 4.69) is 58.8 Å². The van der Waals surface area contributed by atoms with E-state index < -0.39 is 28.8 Å². The molecule has 5 atom stereocenters. The molecule has 8 heterocycles. The molecule has 3 aliphatic heterocycles. The number of hydrogen-bond donors (Lipinski definition) is 1. The number of nitrogens with one attached hydrogen (secondary N) is 1. The van der Waals surface area contributed by atoms with Crippen molar-refractivity contribution in [1.82, 2.24) is 48.3 Å². The van der Waals surface area contributed by atoms with Gasteiger partial charge in [-0.15, -0.1) is 0 Å². The highest BCUT2D eigenvalue weighted by atomic mass is 19.1. The van der Waals surface area contributed by atoms with E-state index in [0.29, 0.717) is 83.9 Å². The van der Waals surface area contributed by atoms with Gasteiger partial charge >= 0.3 is 11.4 Å². The van der Waals surface area contributed by atoms with Gasteiger partial charge < -0.3 is 14.2 Å². The molecule has 2 saturated heterocycles. The molecule has 1 aliphatic carbocycles. The van der Waals surface area contributed by atoms with Crippen LogP contribution >= 0.6 is 0 Å². The van der Waals surface area contributed by atoms with Crippen LogP contribution in [0.3, 0.4) is 0 Å². The average molecular weight is 909 g/mol. The number of aromatic nitrogens is 9. The largest absolute Gasteiger partial charge is 0.438 e. The second-order valence-corrected chi connectivity index (χ2v) is 19.9. The van der Waals surface area contributed by atoms with E-state index in [1.165, 1.54) is 27.1 Å². The molecule has 17 heteroatoms. The van der Waals surface area contributed by atoms with Crippen molar-refractivity contribution in [1.29, 1.82) is 0 Å². The van der Waals surface area contributed by atoms with Crippen molar-refractivity contribution >= 4 is 27.7 Å². The normalized spacial score (nSPS) is 23.3. The molecule has 4 aliphatic rings. The fourth-order valence-corrected chi connectivity index (χ4v) is 11.9. The summed E-state index contributed by atoms with van der Waals surface area (Å²) in [6.45, 7) is 10.4. The first-order valence-corrected chi connectivity index (χ1v) is 23.1. The Hall–Kier alpha value is -6.88. The summed E-state index contributed by atoms with van der Waals surface area (Å²) >= 11 is 0. The monoisotopic (exact) mass is 908 g/mol. The van der Waals surface area contributed by atoms with Crippen molar-refractivity contribution in [3.63, 3.8) is 0 Å². The summed E-state index contributed by atoms with van der Waals surface area (Å²) in [5.74, 6) is -0.748. The SMILES string of the molecule is Cc1cc(-n2nc3c(c2-n2ccn(-c4ccc5c(cnn5C)c4F)c2=O)[C@H]2CC[C@@H](CC3)N2C(=O)c2cc3cc([C@H]4CCOC(C)(C)C4)ccc3n2[C@@]2(c3noc(=O)[nH]3)C[C@@H]2C)cc(C)c1F. The summed E-state index contributed by atoms with van der Waals surface area (Å²) in [5.41, 5.74) is 4.25. The summed E-state index contributed by atoms with van der Waals surface area (Å²) in [5, 5.41) is 14.8. The summed E-state index contributed by atoms with van der Waals surface area (Å²) in [7, 11) is 1.73. The van der Waals surface area contributed by atoms with Gasteiger partial charge in [0.1, 0.15) is 22.9 Å². The van der Waals surface area contributed by atoms with Gasteiger partial charge in [0.15, 0.2) is 11.6 Å². The van der Waals surface area contributed by atoms with E-state index in [1.807, 2.05) is 11.0 Å². The van der Waals surface area contributed by atoms with Gasteiger partial charge in [-0.25, -0.2) is 23.1 Å². The molecule has 3 aromatic carbocycles. The van der Waals surface area contributed by atoms with E-state index in [1.54, 1.807) is 60.7 Å². The third-order valence-electron chi connectivity index (χ3n) is 15.3. The maximum absolute atomic E-state index is 16.2. The van der Waals surface area contributed by atoms with Crippen LogP contribution in [-0.4, -0.2) is 72.5 Å². The Kier molecular flexibility index (Phi) is 9.03. The predicted octanol–water partition coefficient (Wildman–Crippen LogP) is 7.97. The van der Waals surface area contributed by atoms with Crippen LogP contribution in [0.25, 0.3) is 39.0 Å². The molecular formula is C50H50F2N10O5. The molecule has 344 valence electrons. The van der Waals surface area contributed by atoms with Crippen molar-refractivity contribution < 1.29 is 22.8 Å². The van der Waals surface area contributed by atoms with Gasteiger partial charge in [0.05, 0.1) is 45.8 Å². The second-order valence-electron chi connectivity index (χ2n) is 19.9. The van der Waals surface area contributed by atoms with Crippen LogP contribution < -0.4 is 11.4 Å². The zero-order chi connectivity index (χ0) is 46.4. The lowest BCUT2D eigenvalue weighted by molar-refractivity contribution is -0.0592. The second kappa shape index (κ2) is 14.6. The van der Waals surface area contributed by atoms with Crippen LogP contribution in [0.4, 0.5) is 8.78 Å². The molecule has 2 bridgehead atoms. The Bertz CT molecular complexity index is 3470. The number of halogens is 2. The molecule has 1 saturated carbocycles. The molecule has 67 heavy (non-hydrogen) atoms. The van der Waals surface area contributed by atoms with Crippen molar-refractivity contribution in [2.75, 3.05) is 6.61 Å². The number of carbonyl (C=O) groups excluding carboxylic acids is 1. The lowest BCUT2D eigenvalue weighted by Gasteiger charge is -2.35. The highest BCUT2D eigenvalue weighted by Gasteiger charge is 2.59. The molecule has 3 fully saturated rings. The third kappa shape index (κ3) is 6.15. The number of benzene rings is 3. The fraction of sp³-hybridized carbons (Fsp3) is 0.400. The Morgan fingerprint density at radius 1 is 0.910 bits per heavy atom. The summed E-state index contributed by atoms with van der Waals surface area (Å²) in [6, 6.07) is 14.4. The Balaban J connectivity index is 1.03. The number of imidazole rings is 1. The Labute approximate surface area is 382 Å². The number of ether oxygens (including phenoxy) is 1. The molecule has 15 nitrogen and oxygen atoms in total. The molecular weight excluding hydrogens is 859 g/mol. The molecule has 8 aromatic rings. The minimum Gasteiger partial charge on any atom is -0.376 e. The lowest BCUT2D eigenvalue weighted by Crippen LogP contribution is -2.39. The van der Waals surface area contributed by atoms with Crippen molar-refractivity contribution in [3.8, 4) is 17.2 Å². The number of amides is 1. The standard InChI is InChI=1S/C50H50F2N10O5/c1-26-19-33(20-27(2)42(26)51)62-44(59-17-16-58(48(59)65)39-14-13-37-34(43(39)52)25-53-57(37)6)41-35(55-62)10-8-32-9-12-38(41)60(32)45(63)40-22-31-21-29(30-15-18-66-49(4,5)24-30)7-11-36(31)61(40)50(23-28(50)3)46-54-47(64)67-56-46/h7,11,13-14,16-17,19-22,25,28,30,32,38H,8-10,12,15,18,23-24H2,1-6H3,(H,54,56,64)/t28-,30-,32+,38+,50-/m0/s1. The highest BCUT2D eigenvalue weighted by molar-refractivity contribution is 6.00. The minimum absolute atomic E-state index is 0.00546. The Morgan fingerprint density at radius 2 is 1.67 bits per heavy atom. The molecule has 0 unspecified atom stereocenters.